The highest BCUT2D eigenvalue weighted by Crippen LogP contribution is 2.38. The van der Waals surface area contributed by atoms with Gasteiger partial charge in [-0.05, 0) is 55.0 Å². The fraction of sp³-hybridized carbons (Fsp3) is 0.556. The lowest BCUT2D eigenvalue weighted by Crippen LogP contribution is -2.21. The number of fused-ring (bicyclic) bond motifs is 1. The summed E-state index contributed by atoms with van der Waals surface area (Å²) >= 11 is 0. The van der Waals surface area contributed by atoms with Crippen LogP contribution in [0.4, 0.5) is 0 Å². The van der Waals surface area contributed by atoms with Crippen molar-refractivity contribution in [1.29, 1.82) is 0 Å². The first-order chi connectivity index (χ1) is 9.29. The monoisotopic (exact) mass is 255 g/mol. The molecule has 1 atom stereocenters. The summed E-state index contributed by atoms with van der Waals surface area (Å²) < 4.78 is 2.52. The van der Waals surface area contributed by atoms with Crippen molar-refractivity contribution in [3.05, 3.63) is 36.5 Å². The minimum Gasteiger partial charge on any atom is -0.344 e. The topological polar surface area (TPSA) is 4.93 Å². The zero-order valence-corrected chi connectivity index (χ0v) is 12.2. The molecule has 1 aliphatic rings. The van der Waals surface area contributed by atoms with Crippen LogP contribution in [0.5, 0.6) is 0 Å². The molecule has 0 spiro atoms. The summed E-state index contributed by atoms with van der Waals surface area (Å²) in [6, 6.07) is 11.7. The Morgan fingerprint density at radius 3 is 2.58 bits per heavy atom. The maximum absolute atomic E-state index is 2.52. The summed E-state index contributed by atoms with van der Waals surface area (Å²) in [5, 5.41) is 1.38. The van der Waals surface area contributed by atoms with Crippen molar-refractivity contribution < 1.29 is 0 Å². The van der Waals surface area contributed by atoms with Crippen molar-refractivity contribution in [3.8, 4) is 0 Å². The Morgan fingerprint density at radius 1 is 1.11 bits per heavy atom. The van der Waals surface area contributed by atoms with E-state index in [-0.39, 0.29) is 0 Å². The van der Waals surface area contributed by atoms with E-state index in [4.69, 9.17) is 0 Å². The van der Waals surface area contributed by atoms with Crippen molar-refractivity contribution in [3.63, 3.8) is 0 Å². The summed E-state index contributed by atoms with van der Waals surface area (Å²) in [7, 11) is 0. The first kappa shape index (κ1) is 12.8. The first-order valence-electron chi connectivity index (χ1n) is 7.85. The highest BCUT2D eigenvalue weighted by Gasteiger charge is 2.25. The average Bonchev–Trinajstić information content (AvgIpc) is 2.90. The van der Waals surface area contributed by atoms with E-state index in [9.17, 15) is 0 Å². The van der Waals surface area contributed by atoms with Gasteiger partial charge in [-0.15, -0.1) is 0 Å². The number of nitrogens with zero attached hydrogens (tertiary/aromatic N) is 1. The van der Waals surface area contributed by atoms with Crippen molar-refractivity contribution in [2.45, 2.75) is 52.0 Å². The molecule has 0 saturated heterocycles. The molecule has 1 aromatic carbocycles. The van der Waals surface area contributed by atoms with E-state index >= 15 is 0 Å². The van der Waals surface area contributed by atoms with Gasteiger partial charge in [0.25, 0.3) is 0 Å². The van der Waals surface area contributed by atoms with Crippen LogP contribution in [-0.4, -0.2) is 4.57 Å². The molecule has 0 N–H and O–H groups in total. The van der Waals surface area contributed by atoms with E-state index in [0.717, 1.165) is 17.9 Å². The minimum atomic E-state index is 0.722. The van der Waals surface area contributed by atoms with Crippen LogP contribution in [0.2, 0.25) is 0 Å². The van der Waals surface area contributed by atoms with Crippen LogP contribution in [0.1, 0.15) is 52.0 Å². The average molecular weight is 255 g/mol. The summed E-state index contributed by atoms with van der Waals surface area (Å²) in [5.74, 6) is 1.87. The van der Waals surface area contributed by atoms with Gasteiger partial charge >= 0.3 is 0 Å². The predicted octanol–water partition coefficient (Wildman–Crippen LogP) is 5.42. The maximum atomic E-state index is 2.52. The molecule has 1 nitrogen and oxygen atoms in total. The fourth-order valence-corrected chi connectivity index (χ4v) is 3.71. The summed E-state index contributed by atoms with van der Waals surface area (Å²) in [6.45, 7) is 4.76. The largest absolute Gasteiger partial charge is 0.344 e. The van der Waals surface area contributed by atoms with Gasteiger partial charge in [0.1, 0.15) is 0 Å². The Morgan fingerprint density at radius 2 is 1.84 bits per heavy atom. The van der Waals surface area contributed by atoms with E-state index in [1.165, 1.54) is 43.0 Å². The Kier molecular flexibility index (Phi) is 3.63. The number of aromatic nitrogens is 1. The number of benzene rings is 1. The van der Waals surface area contributed by atoms with Gasteiger partial charge in [-0.3, -0.25) is 0 Å². The third-order valence-corrected chi connectivity index (χ3v) is 5.21. The number of hydrogen-bond donors (Lipinski definition) is 0. The second kappa shape index (κ2) is 5.40. The molecular formula is C18H25N. The van der Waals surface area contributed by atoms with E-state index in [1.807, 2.05) is 0 Å². The summed E-state index contributed by atoms with van der Waals surface area (Å²) in [4.78, 5) is 0. The normalized spacial score (nSPS) is 25.6. The molecule has 1 fully saturated rings. The molecule has 19 heavy (non-hydrogen) atoms. The SMILES string of the molecule is CCC(C)C1CCC(n2ccc3ccccc32)CC1. The molecule has 0 bridgehead atoms. The second-order valence-electron chi connectivity index (χ2n) is 6.24. The number of rotatable bonds is 3. The number of hydrogen-bond acceptors (Lipinski definition) is 0. The third kappa shape index (κ3) is 2.43. The first-order valence-corrected chi connectivity index (χ1v) is 7.85. The molecule has 1 unspecified atom stereocenters. The van der Waals surface area contributed by atoms with Gasteiger partial charge in [0.05, 0.1) is 0 Å². The van der Waals surface area contributed by atoms with Crippen LogP contribution >= 0.6 is 0 Å². The van der Waals surface area contributed by atoms with Gasteiger partial charge in [0.2, 0.25) is 0 Å². The molecule has 102 valence electrons. The molecule has 1 aromatic heterocycles. The van der Waals surface area contributed by atoms with Gasteiger partial charge < -0.3 is 4.57 Å². The van der Waals surface area contributed by atoms with Crippen LogP contribution in [0.3, 0.4) is 0 Å². The molecule has 1 heterocycles. The standard InChI is InChI=1S/C18H25N/c1-3-14(2)15-8-10-17(11-9-15)19-13-12-16-6-4-5-7-18(16)19/h4-7,12-15,17H,3,8-11H2,1-2H3. The van der Waals surface area contributed by atoms with Gasteiger partial charge in [0, 0.05) is 17.8 Å². The van der Waals surface area contributed by atoms with Crippen LogP contribution < -0.4 is 0 Å². The molecular weight excluding hydrogens is 230 g/mol. The van der Waals surface area contributed by atoms with Gasteiger partial charge in [-0.1, -0.05) is 38.5 Å². The second-order valence-corrected chi connectivity index (χ2v) is 6.24. The molecule has 0 radical (unpaired) electrons. The molecule has 3 rings (SSSR count). The highest BCUT2D eigenvalue weighted by molar-refractivity contribution is 5.80. The van der Waals surface area contributed by atoms with E-state index in [2.05, 4.69) is 54.9 Å². The fourth-order valence-electron chi connectivity index (χ4n) is 3.71. The minimum absolute atomic E-state index is 0.722. The molecule has 1 aliphatic carbocycles. The Bertz CT molecular complexity index is 531. The summed E-state index contributed by atoms with van der Waals surface area (Å²) in [5.41, 5.74) is 1.41. The van der Waals surface area contributed by atoms with Crippen molar-refractivity contribution >= 4 is 10.9 Å². The van der Waals surface area contributed by atoms with Gasteiger partial charge in [-0.25, -0.2) is 0 Å². The van der Waals surface area contributed by atoms with Gasteiger partial charge in [0.15, 0.2) is 0 Å². The maximum Gasteiger partial charge on any atom is 0.0482 e. The smallest absolute Gasteiger partial charge is 0.0482 e. The van der Waals surface area contributed by atoms with Crippen LogP contribution in [0.15, 0.2) is 36.5 Å². The zero-order valence-electron chi connectivity index (χ0n) is 12.2. The summed E-state index contributed by atoms with van der Waals surface area (Å²) in [6.07, 6.45) is 9.15. The molecule has 2 aromatic rings. The predicted molar refractivity (Wildman–Crippen MR) is 82.4 cm³/mol. The molecule has 1 heteroatoms. The van der Waals surface area contributed by atoms with Crippen LogP contribution in [-0.2, 0) is 0 Å². The molecule has 0 amide bonds. The lowest BCUT2D eigenvalue weighted by molar-refractivity contribution is 0.214. The van der Waals surface area contributed by atoms with Crippen molar-refractivity contribution in [2.24, 2.45) is 11.8 Å². The lowest BCUT2D eigenvalue weighted by Gasteiger charge is -2.33. The zero-order chi connectivity index (χ0) is 13.2. The lowest BCUT2D eigenvalue weighted by atomic mass is 9.78. The van der Waals surface area contributed by atoms with Crippen LogP contribution in [0.25, 0.3) is 10.9 Å². The van der Waals surface area contributed by atoms with E-state index < -0.39 is 0 Å². The quantitative estimate of drug-likeness (QED) is 0.690. The molecule has 0 aliphatic heterocycles. The van der Waals surface area contributed by atoms with Crippen molar-refractivity contribution in [1.82, 2.24) is 4.57 Å². The Hall–Kier alpha value is -1.24. The van der Waals surface area contributed by atoms with Gasteiger partial charge in [-0.2, -0.15) is 0 Å². The highest BCUT2D eigenvalue weighted by atomic mass is 15.0. The van der Waals surface area contributed by atoms with Crippen LogP contribution in [0, 0.1) is 11.8 Å². The van der Waals surface area contributed by atoms with Crippen molar-refractivity contribution in [2.75, 3.05) is 0 Å². The third-order valence-electron chi connectivity index (χ3n) is 5.21. The Balaban J connectivity index is 1.75. The Labute approximate surface area is 116 Å². The number of para-hydroxylation sites is 1. The van der Waals surface area contributed by atoms with E-state index in [1.54, 1.807) is 0 Å². The van der Waals surface area contributed by atoms with E-state index in [0.29, 0.717) is 0 Å². The molecule has 1 saturated carbocycles.